The molecule has 2 rings (SSSR count). The summed E-state index contributed by atoms with van der Waals surface area (Å²) in [7, 11) is 0. The van der Waals surface area contributed by atoms with Gasteiger partial charge in [-0.05, 0) is 51.1 Å². The van der Waals surface area contributed by atoms with E-state index in [0.717, 1.165) is 19.6 Å². The Bertz CT molecular complexity index is 430. The molecule has 1 aliphatic rings. The molecule has 1 fully saturated rings. The van der Waals surface area contributed by atoms with Crippen LogP contribution in [0.5, 0.6) is 0 Å². The quantitative estimate of drug-likeness (QED) is 0.784. The van der Waals surface area contributed by atoms with Gasteiger partial charge in [-0.3, -0.25) is 4.90 Å². The number of hydrogen-bond donors (Lipinski definition) is 0. The Morgan fingerprint density at radius 1 is 1.37 bits per heavy atom. The summed E-state index contributed by atoms with van der Waals surface area (Å²) in [6.07, 6.45) is 3.54. The number of hydrogen-bond acceptors (Lipinski definition) is 3. The minimum Gasteiger partial charge on any atom is -0.458 e. The highest BCUT2D eigenvalue weighted by molar-refractivity contribution is 5.89. The van der Waals surface area contributed by atoms with Gasteiger partial charge in [-0.1, -0.05) is 12.5 Å². The molecule has 4 heteroatoms. The van der Waals surface area contributed by atoms with Crippen LogP contribution in [0.3, 0.4) is 0 Å². The molecule has 104 valence electrons. The number of halogens is 1. The van der Waals surface area contributed by atoms with Gasteiger partial charge < -0.3 is 4.74 Å². The zero-order valence-electron chi connectivity index (χ0n) is 11.3. The molecule has 0 spiro atoms. The van der Waals surface area contributed by atoms with Crippen molar-refractivity contribution in [3.8, 4) is 0 Å². The molecular formula is C15H20FNO2. The van der Waals surface area contributed by atoms with Gasteiger partial charge in [0.1, 0.15) is 11.9 Å². The lowest BCUT2D eigenvalue weighted by Crippen LogP contribution is -2.37. The van der Waals surface area contributed by atoms with Crippen LogP contribution in [0.2, 0.25) is 0 Å². The second-order valence-corrected chi connectivity index (χ2v) is 5.09. The lowest BCUT2D eigenvalue weighted by Gasteiger charge is -2.28. The van der Waals surface area contributed by atoms with E-state index in [2.05, 4.69) is 4.90 Å². The van der Waals surface area contributed by atoms with Crippen molar-refractivity contribution < 1.29 is 13.9 Å². The Kier molecular flexibility index (Phi) is 4.91. The molecule has 0 unspecified atom stereocenters. The summed E-state index contributed by atoms with van der Waals surface area (Å²) in [5.74, 6) is -0.873. The number of likely N-dealkylation sites (tertiary alicyclic amines) is 1. The van der Waals surface area contributed by atoms with Crippen molar-refractivity contribution in [2.75, 3.05) is 19.6 Å². The molecule has 0 bridgehead atoms. The van der Waals surface area contributed by atoms with Crippen molar-refractivity contribution >= 4 is 5.97 Å². The third kappa shape index (κ3) is 4.31. The van der Waals surface area contributed by atoms with Gasteiger partial charge in [0.05, 0.1) is 5.56 Å². The van der Waals surface area contributed by atoms with Crippen LogP contribution in [0, 0.1) is 5.82 Å². The predicted molar refractivity (Wildman–Crippen MR) is 71.6 cm³/mol. The van der Waals surface area contributed by atoms with Crippen LogP contribution in [-0.2, 0) is 4.74 Å². The molecule has 1 aliphatic heterocycles. The van der Waals surface area contributed by atoms with E-state index in [9.17, 15) is 9.18 Å². The third-order valence-electron chi connectivity index (χ3n) is 3.33. The van der Waals surface area contributed by atoms with Crippen molar-refractivity contribution in [1.29, 1.82) is 0 Å². The van der Waals surface area contributed by atoms with Crippen molar-refractivity contribution in [3.05, 3.63) is 35.6 Å². The lowest BCUT2D eigenvalue weighted by molar-refractivity contribution is 0.0235. The average molecular weight is 265 g/mol. The highest BCUT2D eigenvalue weighted by Crippen LogP contribution is 2.11. The van der Waals surface area contributed by atoms with Crippen LogP contribution in [0.1, 0.15) is 36.5 Å². The van der Waals surface area contributed by atoms with Crippen LogP contribution in [0.4, 0.5) is 4.39 Å². The summed E-state index contributed by atoms with van der Waals surface area (Å²) in [5.41, 5.74) is 0.269. The average Bonchev–Trinajstić information content (AvgIpc) is 2.39. The number of benzene rings is 1. The Labute approximate surface area is 113 Å². The molecule has 1 heterocycles. The smallest absolute Gasteiger partial charge is 0.338 e. The minimum atomic E-state index is -0.455. The van der Waals surface area contributed by atoms with Gasteiger partial charge in [0.15, 0.2) is 0 Å². The maximum absolute atomic E-state index is 13.0. The molecular weight excluding hydrogens is 245 g/mol. The molecule has 19 heavy (non-hydrogen) atoms. The topological polar surface area (TPSA) is 29.5 Å². The van der Waals surface area contributed by atoms with Gasteiger partial charge >= 0.3 is 5.97 Å². The number of nitrogens with zero attached hydrogens (tertiary/aromatic N) is 1. The predicted octanol–water partition coefficient (Wildman–Crippen LogP) is 2.86. The maximum atomic E-state index is 13.0. The second kappa shape index (κ2) is 6.66. The van der Waals surface area contributed by atoms with Crippen molar-refractivity contribution in [1.82, 2.24) is 4.90 Å². The van der Waals surface area contributed by atoms with Gasteiger partial charge in [0.2, 0.25) is 0 Å². The minimum absolute atomic E-state index is 0.172. The van der Waals surface area contributed by atoms with E-state index in [0.29, 0.717) is 0 Å². The molecule has 0 saturated carbocycles. The second-order valence-electron chi connectivity index (χ2n) is 5.09. The highest BCUT2D eigenvalue weighted by Gasteiger charge is 2.17. The maximum Gasteiger partial charge on any atom is 0.338 e. The van der Waals surface area contributed by atoms with Crippen LogP contribution >= 0.6 is 0 Å². The number of esters is 1. The zero-order valence-corrected chi connectivity index (χ0v) is 11.3. The first kappa shape index (κ1) is 14.0. The first-order valence-electron chi connectivity index (χ1n) is 6.84. The molecule has 1 saturated heterocycles. The molecule has 0 aliphatic carbocycles. The van der Waals surface area contributed by atoms with Crippen molar-refractivity contribution in [2.24, 2.45) is 0 Å². The highest BCUT2D eigenvalue weighted by atomic mass is 19.1. The summed E-state index contributed by atoms with van der Waals surface area (Å²) in [6, 6.07) is 5.60. The SMILES string of the molecule is C[C@H](CN1CCCCC1)OC(=O)c1cccc(F)c1. The molecule has 0 aromatic heterocycles. The fraction of sp³-hybridized carbons (Fsp3) is 0.533. The lowest BCUT2D eigenvalue weighted by atomic mass is 10.1. The molecule has 1 aromatic rings. The summed E-state index contributed by atoms with van der Waals surface area (Å²) in [5, 5.41) is 0. The van der Waals surface area contributed by atoms with Crippen LogP contribution < -0.4 is 0 Å². The van der Waals surface area contributed by atoms with Crippen LogP contribution in [0.15, 0.2) is 24.3 Å². The van der Waals surface area contributed by atoms with Gasteiger partial charge in [-0.25, -0.2) is 9.18 Å². The first-order valence-corrected chi connectivity index (χ1v) is 6.84. The Morgan fingerprint density at radius 3 is 2.79 bits per heavy atom. The molecule has 3 nitrogen and oxygen atoms in total. The van der Waals surface area contributed by atoms with E-state index in [-0.39, 0.29) is 11.7 Å². The Morgan fingerprint density at radius 2 is 2.11 bits per heavy atom. The zero-order chi connectivity index (χ0) is 13.7. The van der Waals surface area contributed by atoms with E-state index >= 15 is 0 Å². The fourth-order valence-corrected chi connectivity index (χ4v) is 2.41. The van der Waals surface area contributed by atoms with E-state index in [4.69, 9.17) is 4.74 Å². The largest absolute Gasteiger partial charge is 0.458 e. The molecule has 1 atom stereocenters. The van der Waals surface area contributed by atoms with Gasteiger partial charge in [0, 0.05) is 6.54 Å². The summed E-state index contributed by atoms with van der Waals surface area (Å²) < 4.78 is 18.4. The van der Waals surface area contributed by atoms with Crippen LogP contribution in [0.25, 0.3) is 0 Å². The summed E-state index contributed by atoms with van der Waals surface area (Å²) in [6.45, 7) is 4.77. The number of piperidine rings is 1. The van der Waals surface area contributed by atoms with Gasteiger partial charge in [-0.15, -0.1) is 0 Å². The summed E-state index contributed by atoms with van der Waals surface area (Å²) >= 11 is 0. The Balaban J connectivity index is 1.84. The fourth-order valence-electron chi connectivity index (χ4n) is 2.41. The van der Waals surface area contributed by atoms with Crippen LogP contribution in [-0.4, -0.2) is 36.6 Å². The number of carbonyl (C=O) groups excluding carboxylic acids is 1. The van der Waals surface area contributed by atoms with E-state index < -0.39 is 11.8 Å². The molecule has 0 radical (unpaired) electrons. The normalized spacial score (nSPS) is 18.0. The van der Waals surface area contributed by atoms with E-state index in [1.54, 1.807) is 6.07 Å². The molecule has 0 amide bonds. The Hall–Kier alpha value is -1.42. The standard InChI is InChI=1S/C15H20FNO2/c1-12(11-17-8-3-2-4-9-17)19-15(18)13-6-5-7-14(16)10-13/h5-7,10,12H,2-4,8-9,11H2,1H3/t12-/m1/s1. The number of rotatable bonds is 4. The number of carbonyl (C=O) groups is 1. The van der Waals surface area contributed by atoms with Crippen molar-refractivity contribution in [3.63, 3.8) is 0 Å². The van der Waals surface area contributed by atoms with E-state index in [1.807, 2.05) is 6.92 Å². The van der Waals surface area contributed by atoms with Crippen molar-refractivity contribution in [2.45, 2.75) is 32.3 Å². The first-order chi connectivity index (χ1) is 9.15. The van der Waals surface area contributed by atoms with E-state index in [1.165, 1.54) is 37.5 Å². The molecule has 1 aromatic carbocycles. The summed E-state index contributed by atoms with van der Waals surface area (Å²) in [4.78, 5) is 14.2. The van der Waals surface area contributed by atoms with Gasteiger partial charge in [0.25, 0.3) is 0 Å². The van der Waals surface area contributed by atoms with Gasteiger partial charge in [-0.2, -0.15) is 0 Å². The monoisotopic (exact) mass is 265 g/mol. The number of ether oxygens (including phenoxy) is 1. The molecule has 0 N–H and O–H groups in total. The third-order valence-corrected chi connectivity index (χ3v) is 3.33.